The van der Waals surface area contributed by atoms with Crippen molar-refractivity contribution in [2.75, 3.05) is 19.7 Å². The van der Waals surface area contributed by atoms with Crippen LogP contribution >= 0.6 is 0 Å². The molecular weight excluding hydrogens is 264 g/mol. The molecule has 108 valence electrons. The Morgan fingerprint density at radius 2 is 1.89 bits per heavy atom. The van der Waals surface area contributed by atoms with Crippen LogP contribution in [0.25, 0.3) is 0 Å². The molecule has 0 saturated carbocycles. The molecule has 0 radical (unpaired) electrons. The van der Waals surface area contributed by atoms with Crippen molar-refractivity contribution in [3.05, 3.63) is 35.9 Å². The molecule has 2 N–H and O–H groups in total. The minimum absolute atomic E-state index is 0.0856. The van der Waals surface area contributed by atoms with Crippen LogP contribution in [0.4, 0.5) is 0 Å². The Morgan fingerprint density at radius 1 is 1.26 bits per heavy atom. The standard InChI is InChI=1S/C13H22N2O3S/c1-12(2)10-14-19(17,18)15(8-9-16)11-13-6-4-3-5-7-13/h3-7,12,14,16H,8-11H2,1-2H3. The summed E-state index contributed by atoms with van der Waals surface area (Å²) in [7, 11) is -3.55. The molecule has 0 atom stereocenters. The summed E-state index contributed by atoms with van der Waals surface area (Å²) < 4.78 is 28.1. The maximum atomic E-state index is 12.1. The summed E-state index contributed by atoms with van der Waals surface area (Å²) in [4.78, 5) is 0. The smallest absolute Gasteiger partial charge is 0.279 e. The molecule has 0 unspecified atom stereocenters. The van der Waals surface area contributed by atoms with Gasteiger partial charge in [0, 0.05) is 19.6 Å². The second-order valence-electron chi connectivity index (χ2n) is 4.79. The fourth-order valence-corrected chi connectivity index (χ4v) is 2.91. The molecule has 0 bridgehead atoms. The van der Waals surface area contributed by atoms with E-state index in [1.54, 1.807) is 0 Å². The summed E-state index contributed by atoms with van der Waals surface area (Å²) in [5, 5.41) is 9.02. The molecule has 0 heterocycles. The third kappa shape index (κ3) is 5.69. The van der Waals surface area contributed by atoms with Crippen LogP contribution in [-0.4, -0.2) is 37.5 Å². The second kappa shape index (κ2) is 7.59. The number of hydrogen-bond donors (Lipinski definition) is 2. The molecule has 0 aliphatic rings. The lowest BCUT2D eigenvalue weighted by Gasteiger charge is -2.22. The van der Waals surface area contributed by atoms with Gasteiger partial charge in [-0.05, 0) is 11.5 Å². The van der Waals surface area contributed by atoms with Crippen LogP contribution in [0.3, 0.4) is 0 Å². The Labute approximate surface area is 115 Å². The van der Waals surface area contributed by atoms with E-state index in [4.69, 9.17) is 5.11 Å². The van der Waals surface area contributed by atoms with E-state index in [-0.39, 0.29) is 25.6 Å². The van der Waals surface area contributed by atoms with Gasteiger partial charge in [0.15, 0.2) is 0 Å². The molecule has 0 fully saturated rings. The molecular formula is C13H22N2O3S. The first-order valence-corrected chi connectivity index (χ1v) is 7.79. The number of aliphatic hydroxyl groups excluding tert-OH is 1. The minimum Gasteiger partial charge on any atom is -0.395 e. The number of hydrogen-bond acceptors (Lipinski definition) is 3. The quantitative estimate of drug-likeness (QED) is 0.748. The predicted molar refractivity (Wildman–Crippen MR) is 75.7 cm³/mol. The highest BCUT2D eigenvalue weighted by Crippen LogP contribution is 2.08. The van der Waals surface area contributed by atoms with Crippen LogP contribution in [0.15, 0.2) is 30.3 Å². The maximum absolute atomic E-state index is 12.1. The molecule has 0 aromatic heterocycles. The number of nitrogens with zero attached hydrogens (tertiary/aromatic N) is 1. The average Bonchev–Trinajstić information content (AvgIpc) is 2.37. The Kier molecular flexibility index (Phi) is 6.44. The molecule has 0 saturated heterocycles. The van der Waals surface area contributed by atoms with Gasteiger partial charge in [-0.2, -0.15) is 12.7 Å². The zero-order chi connectivity index (χ0) is 14.3. The first kappa shape index (κ1) is 16.1. The van der Waals surface area contributed by atoms with Gasteiger partial charge in [0.1, 0.15) is 0 Å². The Bertz CT molecular complexity index is 460. The van der Waals surface area contributed by atoms with Crippen molar-refractivity contribution in [1.82, 2.24) is 9.03 Å². The molecule has 0 aliphatic heterocycles. The third-order valence-electron chi connectivity index (χ3n) is 2.57. The molecule has 0 aliphatic carbocycles. The summed E-state index contributed by atoms with van der Waals surface area (Å²) >= 11 is 0. The Hall–Kier alpha value is -0.950. The van der Waals surface area contributed by atoms with Gasteiger partial charge < -0.3 is 5.11 Å². The van der Waals surface area contributed by atoms with Crippen molar-refractivity contribution in [3.8, 4) is 0 Å². The minimum atomic E-state index is -3.55. The average molecular weight is 286 g/mol. The lowest BCUT2D eigenvalue weighted by atomic mass is 10.2. The first-order valence-electron chi connectivity index (χ1n) is 6.35. The van der Waals surface area contributed by atoms with E-state index in [1.165, 1.54) is 4.31 Å². The van der Waals surface area contributed by atoms with Gasteiger partial charge in [0.25, 0.3) is 10.2 Å². The fraction of sp³-hybridized carbons (Fsp3) is 0.538. The largest absolute Gasteiger partial charge is 0.395 e. The zero-order valence-corrected chi connectivity index (χ0v) is 12.2. The third-order valence-corrected chi connectivity index (χ3v) is 4.09. The molecule has 1 aromatic rings. The van der Waals surface area contributed by atoms with E-state index in [0.29, 0.717) is 6.54 Å². The maximum Gasteiger partial charge on any atom is 0.279 e. The normalized spacial score (nSPS) is 12.3. The van der Waals surface area contributed by atoms with Gasteiger partial charge in [-0.15, -0.1) is 0 Å². The zero-order valence-electron chi connectivity index (χ0n) is 11.4. The van der Waals surface area contributed by atoms with E-state index in [1.807, 2.05) is 44.2 Å². The predicted octanol–water partition coefficient (Wildman–Crippen LogP) is 0.971. The van der Waals surface area contributed by atoms with Gasteiger partial charge in [0.2, 0.25) is 0 Å². The van der Waals surface area contributed by atoms with Crippen molar-refractivity contribution in [3.63, 3.8) is 0 Å². The highest BCUT2D eigenvalue weighted by atomic mass is 32.2. The summed E-state index contributed by atoms with van der Waals surface area (Å²) in [6, 6.07) is 9.33. The highest BCUT2D eigenvalue weighted by molar-refractivity contribution is 7.87. The summed E-state index contributed by atoms with van der Waals surface area (Å²) in [5.41, 5.74) is 0.894. The second-order valence-corrected chi connectivity index (χ2v) is 6.55. The molecule has 6 heteroatoms. The number of aliphatic hydroxyl groups is 1. The Morgan fingerprint density at radius 3 is 2.42 bits per heavy atom. The van der Waals surface area contributed by atoms with Crippen molar-refractivity contribution in [2.45, 2.75) is 20.4 Å². The molecule has 0 spiro atoms. The van der Waals surface area contributed by atoms with E-state index in [2.05, 4.69) is 4.72 Å². The van der Waals surface area contributed by atoms with Crippen LogP contribution in [0.5, 0.6) is 0 Å². The monoisotopic (exact) mass is 286 g/mol. The number of rotatable bonds is 8. The Balaban J connectivity index is 2.76. The van der Waals surface area contributed by atoms with Crippen molar-refractivity contribution in [2.24, 2.45) is 5.92 Å². The van der Waals surface area contributed by atoms with Crippen LogP contribution in [0, 0.1) is 5.92 Å². The van der Waals surface area contributed by atoms with E-state index < -0.39 is 10.2 Å². The van der Waals surface area contributed by atoms with Gasteiger partial charge in [-0.3, -0.25) is 0 Å². The topological polar surface area (TPSA) is 69.6 Å². The molecule has 5 nitrogen and oxygen atoms in total. The lowest BCUT2D eigenvalue weighted by molar-refractivity contribution is 0.249. The number of benzene rings is 1. The highest BCUT2D eigenvalue weighted by Gasteiger charge is 2.21. The van der Waals surface area contributed by atoms with Gasteiger partial charge >= 0.3 is 0 Å². The van der Waals surface area contributed by atoms with Crippen LogP contribution in [0.2, 0.25) is 0 Å². The summed E-state index contributed by atoms with van der Waals surface area (Å²) in [6.07, 6.45) is 0. The van der Waals surface area contributed by atoms with Gasteiger partial charge in [0.05, 0.1) is 6.61 Å². The SMILES string of the molecule is CC(C)CNS(=O)(=O)N(CCO)Cc1ccccc1. The summed E-state index contributed by atoms with van der Waals surface area (Å²) in [6.45, 7) is 4.41. The molecule has 1 aromatic carbocycles. The van der Waals surface area contributed by atoms with Crippen LogP contribution in [0.1, 0.15) is 19.4 Å². The fourth-order valence-electron chi connectivity index (χ4n) is 1.55. The van der Waals surface area contributed by atoms with E-state index in [9.17, 15) is 8.42 Å². The number of nitrogens with one attached hydrogen (secondary N) is 1. The molecule has 1 rings (SSSR count). The lowest BCUT2D eigenvalue weighted by Crippen LogP contribution is -2.42. The van der Waals surface area contributed by atoms with Crippen LogP contribution in [-0.2, 0) is 16.8 Å². The van der Waals surface area contributed by atoms with Crippen molar-refractivity contribution < 1.29 is 13.5 Å². The first-order chi connectivity index (χ1) is 8.95. The molecule has 0 amide bonds. The molecule has 19 heavy (non-hydrogen) atoms. The van der Waals surface area contributed by atoms with Gasteiger partial charge in [-0.1, -0.05) is 44.2 Å². The van der Waals surface area contributed by atoms with Crippen molar-refractivity contribution in [1.29, 1.82) is 0 Å². The van der Waals surface area contributed by atoms with Crippen LogP contribution < -0.4 is 4.72 Å². The summed E-state index contributed by atoms with van der Waals surface area (Å²) in [5.74, 6) is 0.238. The van der Waals surface area contributed by atoms with Crippen molar-refractivity contribution >= 4 is 10.2 Å². The van der Waals surface area contributed by atoms with E-state index >= 15 is 0 Å². The van der Waals surface area contributed by atoms with E-state index in [0.717, 1.165) is 5.56 Å². The van der Waals surface area contributed by atoms with Gasteiger partial charge in [-0.25, -0.2) is 4.72 Å².